The van der Waals surface area contributed by atoms with Gasteiger partial charge in [-0.15, -0.1) is 11.3 Å². The Balaban J connectivity index is 2.22. The zero-order valence-electron chi connectivity index (χ0n) is 10.6. The third kappa shape index (κ3) is 2.39. The standard InChI is InChI=1S/C14H10N2O2S2/c1-20(18)12-8-9(6-7-15-12)14-16-13(17)10-4-2-3-5-11(10)19-14/h2-8H,1H3. The van der Waals surface area contributed by atoms with Crippen LogP contribution in [0.1, 0.15) is 0 Å². The van der Waals surface area contributed by atoms with E-state index in [1.807, 2.05) is 18.2 Å². The minimum absolute atomic E-state index is 0.245. The van der Waals surface area contributed by atoms with Gasteiger partial charge in [0.15, 0.2) is 0 Å². The Kier molecular flexibility index (Phi) is 3.42. The molecule has 3 rings (SSSR count). The first-order valence-electron chi connectivity index (χ1n) is 5.85. The maximum atomic E-state index is 12.0. The lowest BCUT2D eigenvalue weighted by Gasteiger charge is -2.03. The van der Waals surface area contributed by atoms with Crippen LogP contribution in [0.25, 0.3) is 20.7 Å². The molecule has 6 heteroatoms. The van der Waals surface area contributed by atoms with E-state index < -0.39 is 10.8 Å². The van der Waals surface area contributed by atoms with Crippen molar-refractivity contribution in [2.45, 2.75) is 5.03 Å². The van der Waals surface area contributed by atoms with Gasteiger partial charge in [0.25, 0.3) is 5.56 Å². The van der Waals surface area contributed by atoms with Crippen LogP contribution < -0.4 is 5.56 Å². The van der Waals surface area contributed by atoms with Gasteiger partial charge >= 0.3 is 0 Å². The molecule has 0 aliphatic rings. The molecule has 0 radical (unpaired) electrons. The number of hydrogen-bond acceptors (Lipinski definition) is 5. The summed E-state index contributed by atoms with van der Waals surface area (Å²) in [7, 11) is -1.16. The van der Waals surface area contributed by atoms with Gasteiger partial charge in [0.2, 0.25) is 0 Å². The van der Waals surface area contributed by atoms with Crippen molar-refractivity contribution >= 4 is 32.2 Å². The van der Waals surface area contributed by atoms with Gasteiger partial charge < -0.3 is 0 Å². The van der Waals surface area contributed by atoms with Gasteiger partial charge in [-0.3, -0.25) is 9.00 Å². The van der Waals surface area contributed by atoms with Gasteiger partial charge in [0, 0.05) is 22.7 Å². The molecule has 20 heavy (non-hydrogen) atoms. The second-order valence-corrected chi connectivity index (χ2v) is 6.51. The number of aromatic nitrogens is 2. The monoisotopic (exact) mass is 302 g/mol. The molecule has 0 amide bonds. The zero-order valence-corrected chi connectivity index (χ0v) is 12.2. The molecule has 1 atom stereocenters. The van der Waals surface area contributed by atoms with Gasteiger partial charge in [-0.25, -0.2) is 4.98 Å². The van der Waals surface area contributed by atoms with Gasteiger partial charge in [0.1, 0.15) is 10.0 Å². The van der Waals surface area contributed by atoms with Crippen molar-refractivity contribution in [2.24, 2.45) is 0 Å². The van der Waals surface area contributed by atoms with E-state index in [0.717, 1.165) is 10.3 Å². The predicted molar refractivity (Wildman–Crippen MR) is 81.5 cm³/mol. The lowest BCUT2D eigenvalue weighted by Crippen LogP contribution is -2.05. The second kappa shape index (κ2) is 5.22. The van der Waals surface area contributed by atoms with Gasteiger partial charge in [-0.2, -0.15) is 4.98 Å². The van der Waals surface area contributed by atoms with E-state index in [1.165, 1.54) is 11.3 Å². The molecular formula is C14H10N2O2S2. The number of benzene rings is 1. The fourth-order valence-electron chi connectivity index (χ4n) is 1.83. The van der Waals surface area contributed by atoms with Crippen molar-refractivity contribution in [1.29, 1.82) is 0 Å². The number of pyridine rings is 1. The van der Waals surface area contributed by atoms with Crippen LogP contribution in [0.15, 0.2) is 52.4 Å². The largest absolute Gasteiger partial charge is 0.279 e. The third-order valence-corrected chi connectivity index (χ3v) is 4.71. The average molecular weight is 302 g/mol. The highest BCUT2D eigenvalue weighted by Gasteiger charge is 2.08. The van der Waals surface area contributed by atoms with E-state index in [1.54, 1.807) is 30.7 Å². The summed E-state index contributed by atoms with van der Waals surface area (Å²) >= 11 is 1.44. The fraction of sp³-hybridized carbons (Fsp3) is 0.0714. The van der Waals surface area contributed by atoms with Crippen molar-refractivity contribution in [3.63, 3.8) is 0 Å². The summed E-state index contributed by atoms with van der Waals surface area (Å²) in [6.07, 6.45) is 3.16. The number of fused-ring (bicyclic) bond motifs is 1. The Morgan fingerprint density at radius 2 is 2.00 bits per heavy atom. The Morgan fingerprint density at radius 1 is 1.20 bits per heavy atom. The van der Waals surface area contributed by atoms with Crippen LogP contribution in [0.4, 0.5) is 0 Å². The lowest BCUT2D eigenvalue weighted by atomic mass is 10.2. The molecule has 2 aromatic heterocycles. The Bertz CT molecular complexity index is 874. The topological polar surface area (TPSA) is 59.9 Å². The van der Waals surface area contributed by atoms with Crippen molar-refractivity contribution in [1.82, 2.24) is 9.97 Å². The molecule has 0 saturated carbocycles. The zero-order chi connectivity index (χ0) is 14.1. The summed E-state index contributed by atoms with van der Waals surface area (Å²) < 4.78 is 12.4. The first-order valence-corrected chi connectivity index (χ1v) is 8.22. The van der Waals surface area contributed by atoms with Crippen molar-refractivity contribution in [3.05, 3.63) is 52.9 Å². The van der Waals surface area contributed by atoms with Gasteiger partial charge in [0.05, 0.1) is 16.2 Å². The molecular weight excluding hydrogens is 292 g/mol. The van der Waals surface area contributed by atoms with E-state index in [2.05, 4.69) is 9.97 Å². The summed E-state index contributed by atoms with van der Waals surface area (Å²) in [5.41, 5.74) is 0.517. The third-order valence-electron chi connectivity index (χ3n) is 2.80. The quantitative estimate of drug-likeness (QED) is 0.729. The van der Waals surface area contributed by atoms with E-state index >= 15 is 0 Å². The number of hydrogen-bond donors (Lipinski definition) is 0. The van der Waals surface area contributed by atoms with Crippen LogP contribution in [0, 0.1) is 0 Å². The Morgan fingerprint density at radius 3 is 2.80 bits per heavy atom. The number of nitrogens with zero attached hydrogens (tertiary/aromatic N) is 2. The summed E-state index contributed by atoms with van der Waals surface area (Å²) in [4.78, 5) is 20.2. The Labute approximate surface area is 121 Å². The van der Waals surface area contributed by atoms with Gasteiger partial charge in [-0.1, -0.05) is 12.1 Å². The fourth-order valence-corrected chi connectivity index (χ4v) is 3.33. The SMILES string of the molecule is CS(=O)c1cc(-c2nc(=O)c3ccccc3s2)ccn1. The summed E-state index contributed by atoms with van der Waals surface area (Å²) in [6, 6.07) is 10.9. The number of rotatable bonds is 2. The minimum Gasteiger partial charge on any atom is -0.267 e. The van der Waals surface area contributed by atoms with Crippen LogP contribution in [0.3, 0.4) is 0 Å². The molecule has 2 heterocycles. The average Bonchev–Trinajstić information content (AvgIpc) is 2.47. The van der Waals surface area contributed by atoms with Gasteiger partial charge in [-0.05, 0) is 24.3 Å². The second-order valence-electron chi connectivity index (χ2n) is 4.16. The van der Waals surface area contributed by atoms with E-state index in [9.17, 15) is 9.00 Å². The minimum atomic E-state index is -1.16. The molecule has 0 spiro atoms. The van der Waals surface area contributed by atoms with Crippen LogP contribution in [-0.4, -0.2) is 20.4 Å². The van der Waals surface area contributed by atoms with Crippen molar-refractivity contribution < 1.29 is 4.21 Å². The summed E-state index contributed by atoms with van der Waals surface area (Å²) in [5, 5.41) is 1.72. The first kappa shape index (κ1) is 13.1. The molecule has 1 aromatic carbocycles. The lowest BCUT2D eigenvalue weighted by molar-refractivity contribution is 0.684. The van der Waals surface area contributed by atoms with Crippen LogP contribution in [0.5, 0.6) is 0 Å². The van der Waals surface area contributed by atoms with E-state index in [0.29, 0.717) is 15.4 Å². The highest BCUT2D eigenvalue weighted by Crippen LogP contribution is 2.26. The van der Waals surface area contributed by atoms with Crippen molar-refractivity contribution in [3.8, 4) is 10.6 Å². The molecule has 3 aromatic rings. The summed E-state index contributed by atoms with van der Waals surface area (Å²) in [5.74, 6) is 0. The van der Waals surface area contributed by atoms with E-state index in [-0.39, 0.29) is 5.56 Å². The molecule has 0 fully saturated rings. The summed E-state index contributed by atoms with van der Waals surface area (Å²) in [6.45, 7) is 0. The molecule has 0 aliphatic carbocycles. The van der Waals surface area contributed by atoms with Crippen LogP contribution >= 0.6 is 11.3 Å². The maximum absolute atomic E-state index is 12.0. The van der Waals surface area contributed by atoms with E-state index in [4.69, 9.17) is 0 Å². The van der Waals surface area contributed by atoms with Crippen molar-refractivity contribution in [2.75, 3.05) is 6.26 Å². The molecule has 0 bridgehead atoms. The Hall–Kier alpha value is -1.92. The molecule has 1 unspecified atom stereocenters. The van der Waals surface area contributed by atoms with Crippen LogP contribution in [0.2, 0.25) is 0 Å². The highest BCUT2D eigenvalue weighted by atomic mass is 32.2. The molecule has 4 nitrogen and oxygen atoms in total. The normalized spacial score (nSPS) is 12.4. The molecule has 100 valence electrons. The highest BCUT2D eigenvalue weighted by molar-refractivity contribution is 7.84. The predicted octanol–water partition coefficient (Wildman–Crippen LogP) is 2.46. The molecule has 0 aliphatic heterocycles. The molecule has 0 saturated heterocycles. The smallest absolute Gasteiger partial charge is 0.267 e. The first-order chi connectivity index (χ1) is 9.65. The molecule has 0 N–H and O–H groups in total. The maximum Gasteiger partial charge on any atom is 0.279 e. The van der Waals surface area contributed by atoms with Crippen LogP contribution in [-0.2, 0) is 10.8 Å².